The van der Waals surface area contributed by atoms with E-state index in [2.05, 4.69) is 0 Å². The number of hydrogen-bond acceptors (Lipinski definition) is 3. The van der Waals surface area contributed by atoms with Crippen LogP contribution >= 0.6 is 0 Å². The van der Waals surface area contributed by atoms with Gasteiger partial charge in [0.2, 0.25) is 0 Å². The summed E-state index contributed by atoms with van der Waals surface area (Å²) in [7, 11) is 0. The Morgan fingerprint density at radius 3 is 2.83 bits per heavy atom. The molecule has 2 heterocycles. The van der Waals surface area contributed by atoms with E-state index >= 15 is 0 Å². The highest BCUT2D eigenvalue weighted by atomic mass is 16.6. The Bertz CT molecular complexity index is 492. The van der Waals surface area contributed by atoms with Crippen molar-refractivity contribution in [1.82, 2.24) is 0 Å². The lowest BCUT2D eigenvalue weighted by atomic mass is 10.0. The van der Waals surface area contributed by atoms with Crippen molar-refractivity contribution in [2.45, 2.75) is 38.6 Å². The van der Waals surface area contributed by atoms with Gasteiger partial charge >= 0.3 is 6.09 Å². The SMILES string of the molecule is CC(C)(C)OC(=O)N1C[C@H]2O[C@H]2c2ccccc21. The topological polar surface area (TPSA) is 42.1 Å². The predicted molar refractivity (Wildman–Crippen MR) is 67.6 cm³/mol. The molecule has 2 aliphatic heterocycles. The Hall–Kier alpha value is -1.55. The Morgan fingerprint density at radius 2 is 2.11 bits per heavy atom. The van der Waals surface area contributed by atoms with Crippen molar-refractivity contribution in [2.75, 3.05) is 11.4 Å². The van der Waals surface area contributed by atoms with Crippen molar-refractivity contribution in [1.29, 1.82) is 0 Å². The lowest BCUT2D eigenvalue weighted by Crippen LogP contribution is -2.41. The molecule has 0 aromatic heterocycles. The third-order valence-corrected chi connectivity index (χ3v) is 3.09. The monoisotopic (exact) mass is 247 g/mol. The number of para-hydroxylation sites is 1. The number of carbonyl (C=O) groups excluding carboxylic acids is 1. The van der Waals surface area contributed by atoms with Crippen LogP contribution in [0.4, 0.5) is 10.5 Å². The number of hydrogen-bond donors (Lipinski definition) is 0. The van der Waals surface area contributed by atoms with Crippen molar-refractivity contribution >= 4 is 11.8 Å². The van der Waals surface area contributed by atoms with Crippen molar-refractivity contribution in [2.24, 2.45) is 0 Å². The summed E-state index contributed by atoms with van der Waals surface area (Å²) in [5, 5.41) is 0. The number of anilines is 1. The minimum atomic E-state index is -0.479. The fourth-order valence-electron chi connectivity index (χ4n) is 2.30. The highest BCUT2D eigenvalue weighted by Crippen LogP contribution is 2.47. The molecule has 2 atom stereocenters. The minimum absolute atomic E-state index is 0.132. The maximum Gasteiger partial charge on any atom is 0.414 e. The Labute approximate surface area is 106 Å². The van der Waals surface area contributed by atoms with Gasteiger partial charge < -0.3 is 9.47 Å². The van der Waals surface area contributed by atoms with Crippen LogP contribution in [0, 0.1) is 0 Å². The molecule has 1 fully saturated rings. The first-order valence-electron chi connectivity index (χ1n) is 6.20. The van der Waals surface area contributed by atoms with Crippen LogP contribution in [0.25, 0.3) is 0 Å². The number of nitrogens with zero attached hydrogens (tertiary/aromatic N) is 1. The molecule has 18 heavy (non-hydrogen) atoms. The molecule has 0 bridgehead atoms. The Morgan fingerprint density at radius 1 is 1.39 bits per heavy atom. The van der Waals surface area contributed by atoms with Gasteiger partial charge in [-0.15, -0.1) is 0 Å². The zero-order valence-electron chi connectivity index (χ0n) is 10.8. The standard InChI is InChI=1S/C14H17NO3/c1-14(2,3)18-13(16)15-8-11-12(17-11)9-6-4-5-7-10(9)15/h4-7,11-12H,8H2,1-3H3/t11-,12+/m1/s1. The van der Waals surface area contributed by atoms with Gasteiger partial charge in [0.15, 0.2) is 0 Å². The minimum Gasteiger partial charge on any atom is -0.443 e. The van der Waals surface area contributed by atoms with Crippen LogP contribution in [0.2, 0.25) is 0 Å². The molecule has 1 aromatic rings. The molecule has 0 spiro atoms. The highest BCUT2D eigenvalue weighted by Gasteiger charge is 2.48. The predicted octanol–water partition coefficient (Wildman–Crippen LogP) is 2.88. The molecule has 4 nitrogen and oxygen atoms in total. The Balaban J connectivity index is 1.89. The summed E-state index contributed by atoms with van der Waals surface area (Å²) < 4.78 is 11.0. The number of fused-ring (bicyclic) bond motifs is 3. The second-order valence-electron chi connectivity index (χ2n) is 5.74. The molecule has 1 aromatic carbocycles. The van der Waals surface area contributed by atoms with E-state index in [0.717, 1.165) is 11.3 Å². The maximum absolute atomic E-state index is 12.2. The molecular formula is C14H17NO3. The number of carbonyl (C=O) groups is 1. The third kappa shape index (κ3) is 1.97. The average Bonchev–Trinajstić information content (AvgIpc) is 3.04. The average molecular weight is 247 g/mol. The molecular weight excluding hydrogens is 230 g/mol. The van der Waals surface area contributed by atoms with Crippen LogP contribution in [0.3, 0.4) is 0 Å². The quantitative estimate of drug-likeness (QED) is 0.662. The molecule has 0 unspecified atom stereocenters. The molecule has 0 saturated carbocycles. The molecule has 1 saturated heterocycles. The van der Waals surface area contributed by atoms with E-state index < -0.39 is 5.60 Å². The fourth-order valence-corrected chi connectivity index (χ4v) is 2.30. The van der Waals surface area contributed by atoms with E-state index in [1.807, 2.05) is 45.0 Å². The summed E-state index contributed by atoms with van der Waals surface area (Å²) in [6.45, 7) is 6.20. The molecule has 0 N–H and O–H groups in total. The van der Waals surface area contributed by atoms with Gasteiger partial charge in [-0.3, -0.25) is 4.90 Å². The van der Waals surface area contributed by atoms with E-state index in [-0.39, 0.29) is 18.3 Å². The van der Waals surface area contributed by atoms with Gasteiger partial charge in [-0.25, -0.2) is 4.79 Å². The normalized spacial score (nSPS) is 25.2. The largest absolute Gasteiger partial charge is 0.443 e. The van der Waals surface area contributed by atoms with Crippen molar-refractivity contribution in [3.05, 3.63) is 29.8 Å². The molecule has 1 amide bonds. The number of epoxide rings is 1. The molecule has 0 aliphatic carbocycles. The number of benzene rings is 1. The van der Waals surface area contributed by atoms with E-state index in [9.17, 15) is 4.79 Å². The first-order valence-corrected chi connectivity index (χ1v) is 6.20. The van der Waals surface area contributed by atoms with E-state index in [1.54, 1.807) is 4.90 Å². The van der Waals surface area contributed by atoms with Gasteiger partial charge in [0.25, 0.3) is 0 Å². The molecule has 96 valence electrons. The van der Waals surface area contributed by atoms with Crippen LogP contribution in [0.15, 0.2) is 24.3 Å². The molecule has 2 aliphatic rings. The maximum atomic E-state index is 12.2. The first kappa shape index (κ1) is 11.5. The van der Waals surface area contributed by atoms with Crippen LogP contribution < -0.4 is 4.90 Å². The van der Waals surface area contributed by atoms with Crippen LogP contribution in [0.1, 0.15) is 32.4 Å². The number of amides is 1. The van der Waals surface area contributed by atoms with Gasteiger partial charge in [-0.1, -0.05) is 18.2 Å². The van der Waals surface area contributed by atoms with Gasteiger partial charge in [-0.05, 0) is 26.8 Å². The van der Waals surface area contributed by atoms with Crippen molar-refractivity contribution in [3.63, 3.8) is 0 Å². The van der Waals surface area contributed by atoms with E-state index in [4.69, 9.17) is 9.47 Å². The summed E-state index contributed by atoms with van der Waals surface area (Å²) in [4.78, 5) is 13.9. The van der Waals surface area contributed by atoms with Crippen LogP contribution in [-0.4, -0.2) is 24.3 Å². The van der Waals surface area contributed by atoms with Crippen molar-refractivity contribution in [3.8, 4) is 0 Å². The van der Waals surface area contributed by atoms with Crippen LogP contribution in [0.5, 0.6) is 0 Å². The zero-order chi connectivity index (χ0) is 12.9. The summed E-state index contributed by atoms with van der Waals surface area (Å²) in [5.74, 6) is 0. The van der Waals surface area contributed by atoms with Gasteiger partial charge in [-0.2, -0.15) is 0 Å². The second-order valence-corrected chi connectivity index (χ2v) is 5.74. The third-order valence-electron chi connectivity index (χ3n) is 3.09. The van der Waals surface area contributed by atoms with Crippen molar-refractivity contribution < 1.29 is 14.3 Å². The summed E-state index contributed by atoms with van der Waals surface area (Å²) in [6.07, 6.45) is -0.00351. The lowest BCUT2D eigenvalue weighted by Gasteiger charge is -2.30. The van der Waals surface area contributed by atoms with Crippen LogP contribution in [-0.2, 0) is 9.47 Å². The van der Waals surface area contributed by atoms with Gasteiger partial charge in [0.1, 0.15) is 17.8 Å². The zero-order valence-corrected chi connectivity index (χ0v) is 10.8. The fraction of sp³-hybridized carbons (Fsp3) is 0.500. The summed E-state index contributed by atoms with van der Waals surface area (Å²) in [5.41, 5.74) is 1.51. The Kier molecular flexibility index (Phi) is 2.38. The molecule has 3 rings (SSSR count). The lowest BCUT2D eigenvalue weighted by molar-refractivity contribution is 0.0577. The van der Waals surface area contributed by atoms with Gasteiger partial charge in [0.05, 0.1) is 12.2 Å². The second kappa shape index (κ2) is 3.72. The molecule has 0 radical (unpaired) electrons. The van der Waals surface area contributed by atoms with Gasteiger partial charge in [0, 0.05) is 5.56 Å². The summed E-state index contributed by atoms with van der Waals surface area (Å²) >= 11 is 0. The van der Waals surface area contributed by atoms with E-state index in [1.165, 1.54) is 0 Å². The highest BCUT2D eigenvalue weighted by molar-refractivity contribution is 5.90. The summed E-state index contributed by atoms with van der Waals surface area (Å²) in [6, 6.07) is 7.85. The number of rotatable bonds is 0. The molecule has 4 heteroatoms. The first-order chi connectivity index (χ1) is 8.46. The van der Waals surface area contributed by atoms with E-state index in [0.29, 0.717) is 6.54 Å². The smallest absolute Gasteiger partial charge is 0.414 e. The number of ether oxygens (including phenoxy) is 2.